The summed E-state index contributed by atoms with van der Waals surface area (Å²) in [6, 6.07) is 8.19. The lowest BCUT2D eigenvalue weighted by atomic mass is 9.45. The largest absolute Gasteiger partial charge is 0.455 e. The summed E-state index contributed by atoms with van der Waals surface area (Å²) in [4.78, 5) is 53.7. The number of esters is 3. The van der Waals surface area contributed by atoms with Crippen LogP contribution in [0.15, 0.2) is 41.5 Å². The number of carbonyl (C=O) groups excluding carboxylic acids is 4. The summed E-state index contributed by atoms with van der Waals surface area (Å²) >= 11 is 0. The average molecular weight is 585 g/mol. The number of hydrogen-bond donors (Lipinski definition) is 2. The van der Waals surface area contributed by atoms with Crippen LogP contribution in [-0.2, 0) is 38.1 Å². The molecule has 0 unspecified atom stereocenters. The highest BCUT2D eigenvalue weighted by atomic mass is 16.7. The summed E-state index contributed by atoms with van der Waals surface area (Å²) in [6.07, 6.45) is -6.70. The van der Waals surface area contributed by atoms with Gasteiger partial charge in [-0.15, -0.1) is 0 Å². The molecule has 2 aliphatic heterocycles. The van der Waals surface area contributed by atoms with Crippen LogP contribution >= 0.6 is 0 Å². The number of epoxide rings is 1. The van der Waals surface area contributed by atoms with E-state index in [1.807, 2.05) is 0 Å². The van der Waals surface area contributed by atoms with Gasteiger partial charge in [-0.2, -0.15) is 0 Å². The highest BCUT2D eigenvalue weighted by Gasteiger charge is 2.84. The molecule has 2 heterocycles. The SMILES string of the molecule is CC(=O)O[C@H]1C(=O)[C@]2(C)[C@@H]3O[C@@H]3[C@H]3OC[C@@]3(OC(C)=O)[C@H]2[C@H](OC(=O)c2ccccc2)[C@]2(O)C[C@H](O)C(C)=C1C2(C)C. The second-order valence-electron chi connectivity index (χ2n) is 13.0. The fourth-order valence-corrected chi connectivity index (χ4v) is 8.29. The lowest BCUT2D eigenvalue weighted by molar-refractivity contribution is -0.325. The fourth-order valence-electron chi connectivity index (χ4n) is 8.29. The Kier molecular flexibility index (Phi) is 6.34. The van der Waals surface area contributed by atoms with Crippen LogP contribution in [-0.4, -0.2) is 88.3 Å². The van der Waals surface area contributed by atoms with Gasteiger partial charge in [0, 0.05) is 25.7 Å². The van der Waals surface area contributed by atoms with Crippen LogP contribution in [0.4, 0.5) is 0 Å². The van der Waals surface area contributed by atoms with E-state index in [9.17, 15) is 29.4 Å². The monoisotopic (exact) mass is 584 g/mol. The van der Waals surface area contributed by atoms with Gasteiger partial charge in [-0.05, 0) is 37.1 Å². The molecule has 10 atom stereocenters. The van der Waals surface area contributed by atoms with Gasteiger partial charge >= 0.3 is 17.9 Å². The van der Waals surface area contributed by atoms with Crippen LogP contribution < -0.4 is 0 Å². The van der Waals surface area contributed by atoms with Crippen molar-refractivity contribution in [3.63, 3.8) is 0 Å². The Bertz CT molecular complexity index is 1400. The number of ketones is 1. The van der Waals surface area contributed by atoms with E-state index in [0.29, 0.717) is 5.57 Å². The molecule has 0 aromatic heterocycles. The molecule has 11 heteroatoms. The van der Waals surface area contributed by atoms with Gasteiger partial charge in [0.25, 0.3) is 0 Å². The summed E-state index contributed by atoms with van der Waals surface area (Å²) in [7, 11) is 0. The maximum absolute atomic E-state index is 14.9. The van der Waals surface area contributed by atoms with Crippen molar-refractivity contribution >= 4 is 23.7 Å². The Morgan fingerprint density at radius 1 is 1.00 bits per heavy atom. The molecule has 42 heavy (non-hydrogen) atoms. The molecule has 2 bridgehead atoms. The summed E-state index contributed by atoms with van der Waals surface area (Å²) in [5.74, 6) is -3.93. The lowest BCUT2D eigenvalue weighted by Gasteiger charge is -2.65. The van der Waals surface area contributed by atoms with Crippen molar-refractivity contribution in [2.45, 2.75) is 95.8 Å². The lowest BCUT2D eigenvalue weighted by Crippen LogP contribution is -2.81. The summed E-state index contributed by atoms with van der Waals surface area (Å²) in [6.45, 7) is 8.85. The zero-order chi connectivity index (χ0) is 30.6. The predicted molar refractivity (Wildman–Crippen MR) is 143 cm³/mol. The minimum absolute atomic E-state index is 0.143. The van der Waals surface area contributed by atoms with E-state index in [1.54, 1.807) is 58.0 Å². The molecule has 0 radical (unpaired) electrons. The maximum atomic E-state index is 14.9. The number of fused-ring (bicyclic) bond motifs is 8. The maximum Gasteiger partial charge on any atom is 0.338 e. The Labute approximate surface area is 243 Å². The smallest absolute Gasteiger partial charge is 0.338 e. The van der Waals surface area contributed by atoms with E-state index < -0.39 is 88.3 Å². The average Bonchev–Trinajstić information content (AvgIpc) is 3.69. The molecular formula is C31H36O11. The molecule has 0 amide bonds. The van der Waals surface area contributed by atoms with Crippen LogP contribution in [0.1, 0.15) is 58.3 Å². The van der Waals surface area contributed by atoms with Crippen molar-refractivity contribution in [2.24, 2.45) is 16.7 Å². The third kappa shape index (κ3) is 3.66. The number of carbonyl (C=O) groups is 4. The number of Topliss-reactive ketones (excluding diaryl/α,β-unsaturated/α-hetero) is 1. The van der Waals surface area contributed by atoms with Crippen LogP contribution in [0, 0.1) is 16.7 Å². The molecule has 11 nitrogen and oxygen atoms in total. The molecule has 4 fully saturated rings. The van der Waals surface area contributed by atoms with Crippen molar-refractivity contribution in [3.8, 4) is 0 Å². The third-order valence-corrected chi connectivity index (χ3v) is 10.4. The van der Waals surface area contributed by atoms with E-state index in [0.717, 1.165) is 0 Å². The van der Waals surface area contributed by atoms with Crippen LogP contribution in [0.5, 0.6) is 0 Å². The molecule has 1 aromatic rings. The first-order chi connectivity index (χ1) is 19.6. The van der Waals surface area contributed by atoms with Gasteiger partial charge in [0.2, 0.25) is 0 Å². The molecule has 2 saturated carbocycles. The van der Waals surface area contributed by atoms with Gasteiger partial charge in [-0.25, -0.2) is 4.79 Å². The molecule has 3 aliphatic carbocycles. The van der Waals surface area contributed by atoms with Crippen LogP contribution in [0.25, 0.3) is 0 Å². The van der Waals surface area contributed by atoms with E-state index >= 15 is 0 Å². The van der Waals surface area contributed by atoms with Crippen molar-refractivity contribution in [3.05, 3.63) is 47.0 Å². The fraction of sp³-hybridized carbons (Fsp3) is 0.613. The van der Waals surface area contributed by atoms with E-state index in [2.05, 4.69) is 0 Å². The second-order valence-corrected chi connectivity index (χ2v) is 13.0. The van der Waals surface area contributed by atoms with Gasteiger partial charge in [0.05, 0.1) is 35.7 Å². The normalized spacial score (nSPS) is 42.9. The molecule has 0 spiro atoms. The Morgan fingerprint density at radius 2 is 1.67 bits per heavy atom. The number of rotatable bonds is 4. The molecule has 5 aliphatic rings. The zero-order valence-corrected chi connectivity index (χ0v) is 24.4. The first-order valence-electron chi connectivity index (χ1n) is 14.2. The molecular weight excluding hydrogens is 548 g/mol. The summed E-state index contributed by atoms with van der Waals surface area (Å²) in [5, 5.41) is 24.2. The minimum atomic E-state index is -2.04. The van der Waals surface area contributed by atoms with Crippen LogP contribution in [0.2, 0.25) is 0 Å². The first kappa shape index (κ1) is 29.0. The van der Waals surface area contributed by atoms with E-state index in [1.165, 1.54) is 13.8 Å². The Morgan fingerprint density at radius 3 is 2.24 bits per heavy atom. The quantitative estimate of drug-likeness (QED) is 0.230. The Balaban J connectivity index is 1.65. The van der Waals surface area contributed by atoms with Crippen molar-refractivity contribution in [1.29, 1.82) is 0 Å². The van der Waals surface area contributed by atoms with Gasteiger partial charge in [-0.1, -0.05) is 32.0 Å². The van der Waals surface area contributed by atoms with E-state index in [4.69, 9.17) is 23.7 Å². The minimum Gasteiger partial charge on any atom is -0.455 e. The molecule has 2 N–H and O–H groups in total. The first-order valence-corrected chi connectivity index (χ1v) is 14.2. The number of aliphatic hydroxyl groups excluding tert-OH is 1. The topological polar surface area (TPSA) is 158 Å². The standard InChI is InChI=1S/C31H36O11/c1-14-18(34)12-31(37)26(41-27(36)17-10-8-7-9-11-17)22-29(6,23(35)20(39-15(2)32)19(14)28(31,4)5)24-21(40-24)25-30(22,13-38-25)42-16(3)33/h7-11,18,20-22,24-26,34,37H,12-13H2,1-6H3/t18-,20+,21-,22-,24+,25+,26-,29+,30+,31+/m0/s1. The second kappa shape index (κ2) is 9.19. The number of aliphatic hydroxyl groups is 2. The summed E-state index contributed by atoms with van der Waals surface area (Å²) < 4.78 is 29.9. The molecule has 226 valence electrons. The molecule has 6 rings (SSSR count). The van der Waals surface area contributed by atoms with Gasteiger partial charge in [0.1, 0.15) is 23.9 Å². The van der Waals surface area contributed by atoms with Gasteiger partial charge in [0.15, 0.2) is 17.5 Å². The van der Waals surface area contributed by atoms with Gasteiger partial charge < -0.3 is 33.9 Å². The van der Waals surface area contributed by atoms with Crippen molar-refractivity contribution < 1.29 is 53.1 Å². The Hall–Kier alpha value is -3.12. The molecule has 2 saturated heterocycles. The highest BCUT2D eigenvalue weighted by Crippen LogP contribution is 2.68. The predicted octanol–water partition coefficient (Wildman–Crippen LogP) is 1.67. The van der Waals surface area contributed by atoms with Crippen molar-refractivity contribution in [1.82, 2.24) is 0 Å². The third-order valence-electron chi connectivity index (χ3n) is 10.4. The summed E-state index contributed by atoms with van der Waals surface area (Å²) in [5.41, 5.74) is -5.71. The van der Waals surface area contributed by atoms with Crippen molar-refractivity contribution in [2.75, 3.05) is 6.61 Å². The zero-order valence-electron chi connectivity index (χ0n) is 24.4. The number of ether oxygens (including phenoxy) is 5. The number of benzene rings is 1. The molecule has 1 aromatic carbocycles. The van der Waals surface area contributed by atoms with Gasteiger partial charge in [-0.3, -0.25) is 14.4 Å². The van der Waals surface area contributed by atoms with Crippen LogP contribution in [0.3, 0.4) is 0 Å². The highest BCUT2D eigenvalue weighted by molar-refractivity contribution is 5.96. The number of hydrogen-bond acceptors (Lipinski definition) is 11. The van der Waals surface area contributed by atoms with E-state index in [-0.39, 0.29) is 24.2 Å².